The third kappa shape index (κ3) is 3.64. The van der Waals surface area contributed by atoms with Crippen LogP contribution in [0.5, 0.6) is 0 Å². The van der Waals surface area contributed by atoms with E-state index in [2.05, 4.69) is 36.4 Å². The number of hydrogen-bond donors (Lipinski definition) is 0. The molecule has 7 heteroatoms. The molecule has 1 spiro atoms. The molecular weight excluding hydrogens is 454 g/mol. The third-order valence-corrected chi connectivity index (χ3v) is 8.10. The number of aliphatic imine (C=N–C) groups is 1. The summed E-state index contributed by atoms with van der Waals surface area (Å²) in [5.41, 5.74) is 3.33. The molecule has 0 unspecified atom stereocenters. The molecule has 7 nitrogen and oxygen atoms in total. The second kappa shape index (κ2) is 8.30. The zero-order valence-electron chi connectivity index (χ0n) is 20.2. The molecule has 1 aromatic heterocycles. The van der Waals surface area contributed by atoms with Gasteiger partial charge in [-0.1, -0.05) is 30.3 Å². The summed E-state index contributed by atoms with van der Waals surface area (Å²) in [7, 11) is 0. The number of ether oxygens (including phenoxy) is 1. The fourth-order valence-corrected chi connectivity index (χ4v) is 5.75. The molecule has 0 atom stereocenters. The number of amides is 2. The van der Waals surface area contributed by atoms with Crippen LogP contribution in [0.25, 0.3) is 22.1 Å². The summed E-state index contributed by atoms with van der Waals surface area (Å²) in [4.78, 5) is 35.0. The number of hydrogen-bond acceptors (Lipinski definition) is 5. The van der Waals surface area contributed by atoms with Crippen LogP contribution in [-0.4, -0.2) is 65.8 Å². The lowest BCUT2D eigenvalue weighted by Crippen LogP contribution is -2.56. The lowest BCUT2D eigenvalue weighted by atomic mass is 9.90. The molecule has 3 fully saturated rings. The minimum atomic E-state index is -0.716. The van der Waals surface area contributed by atoms with Crippen LogP contribution >= 0.6 is 0 Å². The maximum absolute atomic E-state index is 13.7. The Bertz CT molecular complexity index is 1360. The highest BCUT2D eigenvalue weighted by atomic mass is 16.5. The molecule has 3 aromatic rings. The first-order chi connectivity index (χ1) is 17.6. The number of benzene rings is 2. The number of rotatable bonds is 5. The van der Waals surface area contributed by atoms with Crippen LogP contribution in [0.15, 0.2) is 64.2 Å². The molecule has 2 aromatic carbocycles. The zero-order chi connectivity index (χ0) is 24.3. The topological polar surface area (TPSA) is 75.4 Å². The Kier molecular flexibility index (Phi) is 5.03. The van der Waals surface area contributed by atoms with Crippen molar-refractivity contribution in [1.29, 1.82) is 0 Å². The number of likely N-dealkylation sites (tertiary alicyclic amines) is 1. The van der Waals surface area contributed by atoms with Gasteiger partial charge in [0.05, 0.1) is 6.26 Å². The van der Waals surface area contributed by atoms with Crippen LogP contribution in [0, 0.1) is 11.8 Å². The van der Waals surface area contributed by atoms with E-state index in [1.54, 1.807) is 6.26 Å². The van der Waals surface area contributed by atoms with Gasteiger partial charge in [-0.05, 0) is 42.2 Å². The van der Waals surface area contributed by atoms with Gasteiger partial charge in [0, 0.05) is 68.5 Å². The molecule has 0 radical (unpaired) electrons. The van der Waals surface area contributed by atoms with Crippen molar-refractivity contribution in [2.24, 2.45) is 16.8 Å². The summed E-state index contributed by atoms with van der Waals surface area (Å²) in [5, 5.41) is 1.07. The van der Waals surface area contributed by atoms with Gasteiger partial charge >= 0.3 is 0 Å². The van der Waals surface area contributed by atoms with Crippen LogP contribution in [0.3, 0.4) is 0 Å². The predicted octanol–water partition coefficient (Wildman–Crippen LogP) is 4.11. The fourth-order valence-electron chi connectivity index (χ4n) is 5.75. The van der Waals surface area contributed by atoms with Gasteiger partial charge in [0.2, 0.25) is 5.91 Å². The Morgan fingerprint density at radius 3 is 2.44 bits per heavy atom. The molecule has 1 aliphatic carbocycles. The van der Waals surface area contributed by atoms with E-state index >= 15 is 0 Å². The van der Waals surface area contributed by atoms with Crippen molar-refractivity contribution in [3.8, 4) is 11.1 Å². The molecule has 184 valence electrons. The Hall–Kier alpha value is -3.45. The molecular formula is C29H29N3O4. The molecule has 3 aliphatic heterocycles. The largest absolute Gasteiger partial charge is 0.464 e. The first-order valence-corrected chi connectivity index (χ1v) is 13.0. The molecule has 0 bridgehead atoms. The number of furan rings is 1. The monoisotopic (exact) mass is 483 g/mol. The summed E-state index contributed by atoms with van der Waals surface area (Å²) in [6, 6.07) is 16.5. The van der Waals surface area contributed by atoms with E-state index in [-0.39, 0.29) is 23.7 Å². The Morgan fingerprint density at radius 2 is 1.69 bits per heavy atom. The van der Waals surface area contributed by atoms with Crippen LogP contribution in [0.4, 0.5) is 0 Å². The average Bonchev–Trinajstić information content (AvgIpc) is 3.58. The highest BCUT2D eigenvalue weighted by Gasteiger charge is 2.50. The van der Waals surface area contributed by atoms with E-state index in [9.17, 15) is 9.59 Å². The Morgan fingerprint density at radius 1 is 0.972 bits per heavy atom. The zero-order valence-corrected chi connectivity index (χ0v) is 20.2. The summed E-state index contributed by atoms with van der Waals surface area (Å²) < 4.78 is 11.0. The van der Waals surface area contributed by atoms with Crippen LogP contribution < -0.4 is 0 Å². The lowest BCUT2D eigenvalue weighted by Gasteiger charge is -2.41. The normalized spacial score (nSPS) is 21.8. The van der Waals surface area contributed by atoms with Gasteiger partial charge in [-0.2, -0.15) is 0 Å². The van der Waals surface area contributed by atoms with Crippen molar-refractivity contribution in [2.75, 3.05) is 32.8 Å². The third-order valence-electron chi connectivity index (χ3n) is 8.10. The summed E-state index contributed by atoms with van der Waals surface area (Å²) >= 11 is 0. The summed E-state index contributed by atoms with van der Waals surface area (Å²) in [6.07, 6.45) is 4.99. The Balaban J connectivity index is 1.14. The highest BCUT2D eigenvalue weighted by molar-refractivity contribution is 6.15. The van der Waals surface area contributed by atoms with E-state index in [0.29, 0.717) is 32.6 Å². The van der Waals surface area contributed by atoms with Crippen molar-refractivity contribution in [1.82, 2.24) is 9.80 Å². The van der Waals surface area contributed by atoms with Crippen molar-refractivity contribution >= 4 is 28.6 Å². The average molecular weight is 484 g/mol. The van der Waals surface area contributed by atoms with Crippen molar-refractivity contribution in [3.63, 3.8) is 0 Å². The first kappa shape index (κ1) is 21.8. The van der Waals surface area contributed by atoms with E-state index < -0.39 is 5.54 Å². The molecule has 2 amide bonds. The van der Waals surface area contributed by atoms with Crippen LogP contribution in [0.1, 0.15) is 31.2 Å². The van der Waals surface area contributed by atoms with Gasteiger partial charge in [-0.15, -0.1) is 0 Å². The molecule has 4 aliphatic rings. The minimum Gasteiger partial charge on any atom is -0.464 e. The number of carbonyl (C=O) groups excluding carboxylic acids is 2. The number of fused-ring (bicyclic) bond motifs is 1. The van der Waals surface area contributed by atoms with Gasteiger partial charge < -0.3 is 14.1 Å². The van der Waals surface area contributed by atoms with Gasteiger partial charge in [-0.25, -0.2) is 0 Å². The predicted molar refractivity (Wildman–Crippen MR) is 135 cm³/mol. The maximum Gasteiger partial charge on any atom is 0.256 e. The number of carbonyl (C=O) groups is 2. The quantitative estimate of drug-likeness (QED) is 0.548. The van der Waals surface area contributed by atoms with E-state index in [1.807, 2.05) is 21.9 Å². The number of nitrogens with zero attached hydrogens (tertiary/aromatic N) is 3. The highest BCUT2D eigenvalue weighted by Crippen LogP contribution is 2.37. The van der Waals surface area contributed by atoms with Gasteiger partial charge in [0.25, 0.3) is 5.91 Å². The summed E-state index contributed by atoms with van der Waals surface area (Å²) in [6.45, 7) is 3.18. The van der Waals surface area contributed by atoms with Crippen molar-refractivity contribution < 1.29 is 18.7 Å². The van der Waals surface area contributed by atoms with Gasteiger partial charge in [-0.3, -0.25) is 19.5 Å². The minimum absolute atomic E-state index is 0.0854. The smallest absolute Gasteiger partial charge is 0.256 e. The summed E-state index contributed by atoms with van der Waals surface area (Å²) in [5.74, 6) is 1.67. The molecule has 36 heavy (non-hydrogen) atoms. The molecule has 4 heterocycles. The number of amidine groups is 1. The van der Waals surface area contributed by atoms with E-state index in [1.165, 1.54) is 0 Å². The Labute approximate surface area is 209 Å². The van der Waals surface area contributed by atoms with Crippen LogP contribution in [-0.2, 0) is 14.3 Å². The van der Waals surface area contributed by atoms with E-state index in [4.69, 9.17) is 14.1 Å². The molecule has 1 saturated carbocycles. The molecule has 0 N–H and O–H groups in total. The van der Waals surface area contributed by atoms with E-state index in [0.717, 1.165) is 59.4 Å². The molecule has 7 rings (SSSR count). The second-order valence-electron chi connectivity index (χ2n) is 10.6. The lowest BCUT2D eigenvalue weighted by molar-refractivity contribution is -0.140. The maximum atomic E-state index is 13.7. The first-order valence-electron chi connectivity index (χ1n) is 13.0. The molecule has 2 saturated heterocycles. The van der Waals surface area contributed by atoms with Gasteiger partial charge in [0.1, 0.15) is 17.0 Å². The SMILES string of the molecule is O=C(C1CC1)N1CC(CN2C(=O)C3(CCOCC3)N=C2c2ccc(-c3ccc4occc4c3)cc2)C1. The standard InChI is InChI=1S/C29H29N3O4/c33-27(22-5-6-22)31-16-19(17-31)18-32-26(30-29(28(32)34)10-13-35-14-11-29)21-3-1-20(2-4-21)23-7-8-25-24(15-23)9-12-36-25/h1-4,7-9,12,15,19,22H,5-6,10-11,13-14,16-18H2. The second-order valence-corrected chi connectivity index (χ2v) is 10.6. The van der Waals surface area contributed by atoms with Crippen LogP contribution in [0.2, 0.25) is 0 Å². The van der Waals surface area contributed by atoms with Crippen molar-refractivity contribution in [3.05, 3.63) is 60.4 Å². The van der Waals surface area contributed by atoms with Gasteiger partial charge in [0.15, 0.2) is 0 Å². The van der Waals surface area contributed by atoms with Crippen molar-refractivity contribution in [2.45, 2.75) is 31.2 Å². The fraction of sp³-hybridized carbons (Fsp3) is 0.414.